The van der Waals surface area contributed by atoms with Gasteiger partial charge in [0, 0.05) is 33.4 Å². The average Bonchev–Trinajstić information content (AvgIpc) is 3.24. The minimum atomic E-state index is 0.449. The van der Waals surface area contributed by atoms with Gasteiger partial charge in [0.2, 0.25) is 0 Å². The van der Waals surface area contributed by atoms with Gasteiger partial charge >= 0.3 is 0 Å². The lowest BCUT2D eigenvalue weighted by Gasteiger charge is -2.13. The first-order valence-corrected chi connectivity index (χ1v) is 17.2. The fourth-order valence-corrected chi connectivity index (χ4v) is 6.39. The van der Waals surface area contributed by atoms with Crippen LogP contribution in [-0.4, -0.2) is 19.9 Å². The van der Waals surface area contributed by atoms with Crippen molar-refractivity contribution < 1.29 is 0 Å². The van der Waals surface area contributed by atoms with Crippen molar-refractivity contribution in [1.29, 1.82) is 10.5 Å². The summed E-state index contributed by atoms with van der Waals surface area (Å²) in [6.07, 6.45) is 0.720. The van der Waals surface area contributed by atoms with Gasteiger partial charge in [0.25, 0.3) is 0 Å². The van der Waals surface area contributed by atoms with E-state index in [1.807, 2.05) is 146 Å². The molecule has 0 unspecified atom stereocenters. The van der Waals surface area contributed by atoms with Crippen LogP contribution in [-0.2, 0) is 6.42 Å². The molecule has 0 N–H and O–H groups in total. The number of hydrogen-bond donors (Lipinski definition) is 0. The smallest absolute Gasteiger partial charge is 0.160 e. The van der Waals surface area contributed by atoms with Gasteiger partial charge in [-0.1, -0.05) is 170 Å². The Hall–Kier alpha value is -7.54. The predicted molar refractivity (Wildman–Crippen MR) is 209 cm³/mol. The highest BCUT2D eigenvalue weighted by Gasteiger charge is 2.20. The van der Waals surface area contributed by atoms with Crippen molar-refractivity contribution in [1.82, 2.24) is 19.9 Å². The zero-order valence-electron chi connectivity index (χ0n) is 28.6. The van der Waals surface area contributed by atoms with Gasteiger partial charge in [-0.05, 0) is 17.5 Å². The molecule has 8 aromatic rings. The van der Waals surface area contributed by atoms with Crippen molar-refractivity contribution in [2.45, 2.75) is 6.42 Å². The topological polar surface area (TPSA) is 99.1 Å². The Bertz CT molecular complexity index is 2300. The molecule has 53 heavy (non-hydrogen) atoms. The number of rotatable bonds is 8. The van der Waals surface area contributed by atoms with Crippen molar-refractivity contribution in [2.24, 2.45) is 0 Å². The molecule has 0 spiro atoms. The zero-order valence-corrected chi connectivity index (χ0v) is 28.6. The molecule has 0 saturated heterocycles. The Labute approximate surface area is 308 Å². The average molecular weight is 679 g/mol. The second-order valence-electron chi connectivity index (χ2n) is 12.5. The van der Waals surface area contributed by atoms with Crippen LogP contribution in [0.5, 0.6) is 0 Å². The number of nitriles is 2. The maximum atomic E-state index is 10.2. The number of aromatic nitrogens is 4. The van der Waals surface area contributed by atoms with Crippen LogP contribution >= 0.6 is 0 Å². The van der Waals surface area contributed by atoms with E-state index in [2.05, 4.69) is 36.4 Å². The van der Waals surface area contributed by atoms with Crippen LogP contribution in [0.25, 0.3) is 67.8 Å². The van der Waals surface area contributed by atoms with Crippen molar-refractivity contribution in [3.05, 3.63) is 192 Å². The predicted octanol–water partition coefficient (Wildman–Crippen LogP) is 10.6. The summed E-state index contributed by atoms with van der Waals surface area (Å²) in [6.45, 7) is 0. The Morgan fingerprint density at radius 3 is 0.830 bits per heavy atom. The van der Waals surface area contributed by atoms with E-state index >= 15 is 0 Å². The molecule has 0 amide bonds. The molecule has 2 aromatic heterocycles. The third-order valence-corrected chi connectivity index (χ3v) is 9.06. The molecule has 6 heteroatoms. The quantitative estimate of drug-likeness (QED) is 0.159. The van der Waals surface area contributed by atoms with Gasteiger partial charge in [-0.2, -0.15) is 10.5 Å². The molecule has 0 radical (unpaired) electrons. The molecule has 0 aliphatic rings. The molecule has 6 nitrogen and oxygen atoms in total. The third-order valence-electron chi connectivity index (χ3n) is 9.06. The Balaban J connectivity index is 1.10. The summed E-state index contributed by atoms with van der Waals surface area (Å²) in [6, 6.07) is 60.4. The summed E-state index contributed by atoms with van der Waals surface area (Å²) < 4.78 is 0. The Kier molecular flexibility index (Phi) is 9.09. The van der Waals surface area contributed by atoms with Crippen molar-refractivity contribution >= 4 is 0 Å². The van der Waals surface area contributed by atoms with Gasteiger partial charge in [-0.25, -0.2) is 19.9 Å². The summed E-state index contributed by atoms with van der Waals surface area (Å²) in [5.41, 5.74) is 10.8. The molecule has 0 bridgehead atoms. The minimum Gasteiger partial charge on any atom is -0.227 e. The fourth-order valence-electron chi connectivity index (χ4n) is 6.39. The molecular formula is C47H30N6. The second kappa shape index (κ2) is 14.7. The van der Waals surface area contributed by atoms with E-state index in [-0.39, 0.29) is 0 Å². The van der Waals surface area contributed by atoms with Crippen LogP contribution < -0.4 is 0 Å². The summed E-state index contributed by atoms with van der Waals surface area (Å²) in [7, 11) is 0. The summed E-state index contributed by atoms with van der Waals surface area (Å²) >= 11 is 0. The van der Waals surface area contributed by atoms with E-state index in [1.54, 1.807) is 0 Å². The van der Waals surface area contributed by atoms with Crippen molar-refractivity contribution in [3.63, 3.8) is 0 Å². The first-order valence-electron chi connectivity index (χ1n) is 17.2. The molecule has 0 aliphatic heterocycles. The van der Waals surface area contributed by atoms with E-state index in [0.29, 0.717) is 45.6 Å². The van der Waals surface area contributed by atoms with Gasteiger partial charge in [0.15, 0.2) is 11.6 Å². The van der Waals surface area contributed by atoms with E-state index < -0.39 is 0 Å². The van der Waals surface area contributed by atoms with Gasteiger partial charge in [-0.15, -0.1) is 0 Å². The lowest BCUT2D eigenvalue weighted by Crippen LogP contribution is -2.01. The van der Waals surface area contributed by atoms with Crippen LogP contribution in [0.15, 0.2) is 170 Å². The molecule has 6 aromatic carbocycles. The molecule has 0 aliphatic carbocycles. The van der Waals surface area contributed by atoms with E-state index in [9.17, 15) is 10.5 Å². The lowest BCUT2D eigenvalue weighted by atomic mass is 9.99. The van der Waals surface area contributed by atoms with Crippen LogP contribution in [0.4, 0.5) is 0 Å². The van der Waals surface area contributed by atoms with Gasteiger partial charge in [0.1, 0.15) is 23.3 Å². The van der Waals surface area contributed by atoms with Gasteiger partial charge < -0.3 is 0 Å². The maximum absolute atomic E-state index is 10.2. The second-order valence-corrected chi connectivity index (χ2v) is 12.5. The van der Waals surface area contributed by atoms with Crippen molar-refractivity contribution in [3.8, 4) is 79.9 Å². The van der Waals surface area contributed by atoms with E-state index in [4.69, 9.17) is 19.9 Å². The van der Waals surface area contributed by atoms with E-state index in [1.165, 1.54) is 0 Å². The summed E-state index contributed by atoms with van der Waals surface area (Å²) in [5, 5.41) is 20.5. The molecule has 0 atom stereocenters. The molecular weight excluding hydrogens is 649 g/mol. The zero-order chi connectivity index (χ0) is 36.0. The maximum Gasteiger partial charge on any atom is 0.160 e. The molecule has 0 saturated carbocycles. The van der Waals surface area contributed by atoms with Crippen LogP contribution in [0.1, 0.15) is 22.3 Å². The largest absolute Gasteiger partial charge is 0.227 e. The number of nitrogens with zero attached hydrogens (tertiary/aromatic N) is 6. The highest BCUT2D eigenvalue weighted by Crippen LogP contribution is 2.34. The Morgan fingerprint density at radius 1 is 0.321 bits per heavy atom. The molecule has 2 heterocycles. The molecule has 8 rings (SSSR count). The van der Waals surface area contributed by atoms with Crippen LogP contribution in [0.3, 0.4) is 0 Å². The highest BCUT2D eigenvalue weighted by atomic mass is 14.9. The summed E-state index contributed by atoms with van der Waals surface area (Å²) in [4.78, 5) is 19.7. The highest BCUT2D eigenvalue weighted by molar-refractivity contribution is 5.81. The van der Waals surface area contributed by atoms with E-state index in [0.717, 1.165) is 50.9 Å². The fraction of sp³-hybridized carbons (Fsp3) is 0.0213. The van der Waals surface area contributed by atoms with Gasteiger partial charge in [-0.3, -0.25) is 0 Å². The number of hydrogen-bond acceptors (Lipinski definition) is 6. The summed E-state index contributed by atoms with van der Waals surface area (Å²) in [5.74, 6) is 1.12. The first-order chi connectivity index (χ1) is 26.2. The number of benzene rings is 6. The van der Waals surface area contributed by atoms with Crippen molar-refractivity contribution in [2.75, 3.05) is 0 Å². The minimum absolute atomic E-state index is 0.449. The standard InChI is InChI=1S/C47H30N6/c48-30-40-42(34-13-5-1-6-14-34)50-46(51-43(40)35-15-7-2-8-16-35)38-25-21-32(22-26-38)29-33-23-27-39(28-24-33)47-52-44(36-17-9-3-10-18-36)41(31-49)45(53-47)37-19-11-4-12-20-37/h1-28H,29H2. The Morgan fingerprint density at radius 2 is 0.585 bits per heavy atom. The SMILES string of the molecule is N#Cc1c(-c2ccccc2)nc(-c2ccc(Cc3ccc(-c4nc(-c5ccccc5)c(C#N)c(-c5ccccc5)n4)cc3)cc2)nc1-c1ccccc1. The lowest BCUT2D eigenvalue weighted by molar-refractivity contribution is 1.15. The molecule has 248 valence electrons. The normalized spacial score (nSPS) is 10.7. The molecule has 0 fully saturated rings. The monoisotopic (exact) mass is 678 g/mol. The first kappa shape index (κ1) is 32.7. The van der Waals surface area contributed by atoms with Gasteiger partial charge in [0.05, 0.1) is 22.8 Å². The van der Waals surface area contributed by atoms with Crippen LogP contribution in [0, 0.1) is 22.7 Å². The third kappa shape index (κ3) is 6.81. The van der Waals surface area contributed by atoms with Crippen LogP contribution in [0.2, 0.25) is 0 Å².